The molecule has 4 rings (SSSR count). The second-order valence-electron chi connectivity index (χ2n) is 6.48. The van der Waals surface area contributed by atoms with Crippen molar-refractivity contribution < 1.29 is 18.6 Å². The van der Waals surface area contributed by atoms with E-state index in [1.807, 2.05) is 30.3 Å². The quantitative estimate of drug-likeness (QED) is 0.462. The summed E-state index contributed by atoms with van der Waals surface area (Å²) in [4.78, 5) is 13.1. The van der Waals surface area contributed by atoms with E-state index in [1.54, 1.807) is 50.6 Å². The molecule has 1 heterocycles. The zero-order valence-corrected chi connectivity index (χ0v) is 16.2. The molecular weight excluding hydrogens is 368 g/mol. The summed E-state index contributed by atoms with van der Waals surface area (Å²) in [6.45, 7) is 0.372. The van der Waals surface area contributed by atoms with E-state index in [2.05, 4.69) is 0 Å². The minimum atomic E-state index is -0.136. The maximum Gasteiger partial charge on any atom is 0.200 e. The standard InChI is InChI=1S/C24H20O5/c1-26-17-8-10-19(22(12-17)28-14-16-6-4-3-5-7-16)21-15-29-23-13-18(27-2)9-11-20(23)24(21)25/h3-13,15H,14H2,1-2H3. The molecule has 0 saturated heterocycles. The van der Waals surface area contributed by atoms with E-state index in [0.29, 0.717) is 46.0 Å². The Morgan fingerprint density at radius 3 is 2.31 bits per heavy atom. The Morgan fingerprint density at radius 1 is 0.828 bits per heavy atom. The first kappa shape index (κ1) is 18.6. The van der Waals surface area contributed by atoms with Crippen LogP contribution in [0.25, 0.3) is 22.1 Å². The SMILES string of the molecule is COc1ccc(-c2coc3cc(OC)ccc3c2=O)c(OCc2ccccc2)c1. The Hall–Kier alpha value is -3.73. The van der Waals surface area contributed by atoms with Gasteiger partial charge >= 0.3 is 0 Å². The zero-order chi connectivity index (χ0) is 20.2. The zero-order valence-electron chi connectivity index (χ0n) is 16.2. The smallest absolute Gasteiger partial charge is 0.200 e. The molecule has 146 valence electrons. The lowest BCUT2D eigenvalue weighted by Crippen LogP contribution is -2.06. The summed E-state index contributed by atoms with van der Waals surface area (Å²) >= 11 is 0. The van der Waals surface area contributed by atoms with E-state index in [9.17, 15) is 4.79 Å². The molecule has 4 aromatic rings. The first-order valence-electron chi connectivity index (χ1n) is 9.14. The number of ether oxygens (including phenoxy) is 3. The highest BCUT2D eigenvalue weighted by atomic mass is 16.5. The molecule has 0 radical (unpaired) electrons. The van der Waals surface area contributed by atoms with Gasteiger partial charge in [0, 0.05) is 17.7 Å². The summed E-state index contributed by atoms with van der Waals surface area (Å²) in [5.74, 6) is 1.82. The predicted molar refractivity (Wildman–Crippen MR) is 112 cm³/mol. The van der Waals surface area contributed by atoms with Gasteiger partial charge < -0.3 is 18.6 Å². The molecule has 3 aromatic carbocycles. The lowest BCUT2D eigenvalue weighted by atomic mass is 10.0. The van der Waals surface area contributed by atoms with Crippen LogP contribution in [0, 0.1) is 0 Å². The number of benzene rings is 3. The van der Waals surface area contributed by atoms with Crippen LogP contribution in [0.2, 0.25) is 0 Å². The third-order valence-corrected chi connectivity index (χ3v) is 4.70. The summed E-state index contributed by atoms with van der Waals surface area (Å²) in [6, 6.07) is 20.3. The summed E-state index contributed by atoms with van der Waals surface area (Å²) in [5, 5.41) is 0.480. The van der Waals surface area contributed by atoms with Crippen LogP contribution >= 0.6 is 0 Å². The first-order valence-corrected chi connectivity index (χ1v) is 9.14. The monoisotopic (exact) mass is 388 g/mol. The molecule has 5 heteroatoms. The van der Waals surface area contributed by atoms with E-state index in [-0.39, 0.29) is 5.43 Å². The molecule has 0 amide bonds. The minimum Gasteiger partial charge on any atom is -0.497 e. The highest BCUT2D eigenvalue weighted by Crippen LogP contribution is 2.33. The van der Waals surface area contributed by atoms with Gasteiger partial charge in [-0.1, -0.05) is 30.3 Å². The Labute approximate surface area is 168 Å². The molecule has 0 atom stereocenters. The van der Waals surface area contributed by atoms with Crippen LogP contribution in [0.3, 0.4) is 0 Å². The van der Waals surface area contributed by atoms with Gasteiger partial charge in [-0.05, 0) is 29.8 Å². The van der Waals surface area contributed by atoms with Crippen LogP contribution in [0.15, 0.2) is 82.2 Å². The van der Waals surface area contributed by atoms with Gasteiger partial charge in [0.2, 0.25) is 5.43 Å². The Kier molecular flexibility index (Phi) is 5.20. The van der Waals surface area contributed by atoms with Gasteiger partial charge in [-0.3, -0.25) is 4.79 Å². The number of rotatable bonds is 6. The second kappa shape index (κ2) is 8.10. The molecule has 0 aliphatic heterocycles. The van der Waals surface area contributed by atoms with Crippen LogP contribution < -0.4 is 19.6 Å². The van der Waals surface area contributed by atoms with Gasteiger partial charge in [0.15, 0.2) is 0 Å². The molecule has 5 nitrogen and oxygen atoms in total. The van der Waals surface area contributed by atoms with Crippen molar-refractivity contribution in [1.29, 1.82) is 0 Å². The van der Waals surface area contributed by atoms with Crippen LogP contribution in [0.1, 0.15) is 5.56 Å². The molecule has 1 aromatic heterocycles. The van der Waals surface area contributed by atoms with Crippen molar-refractivity contribution in [3.05, 3.63) is 88.8 Å². The molecule has 0 fully saturated rings. The molecule has 0 spiro atoms. The third kappa shape index (κ3) is 3.80. The summed E-state index contributed by atoms with van der Waals surface area (Å²) in [7, 11) is 3.16. The predicted octanol–water partition coefficient (Wildman–Crippen LogP) is 5.06. The average molecular weight is 388 g/mol. The van der Waals surface area contributed by atoms with Crippen LogP contribution in [-0.4, -0.2) is 14.2 Å². The fourth-order valence-electron chi connectivity index (χ4n) is 3.13. The number of hydrogen-bond acceptors (Lipinski definition) is 5. The maximum atomic E-state index is 13.1. The van der Waals surface area contributed by atoms with Crippen LogP contribution in [0.5, 0.6) is 17.2 Å². The highest BCUT2D eigenvalue weighted by Gasteiger charge is 2.15. The third-order valence-electron chi connectivity index (χ3n) is 4.70. The molecule has 0 aliphatic carbocycles. The van der Waals surface area contributed by atoms with Gasteiger partial charge in [-0.25, -0.2) is 0 Å². The van der Waals surface area contributed by atoms with E-state index < -0.39 is 0 Å². The second-order valence-corrected chi connectivity index (χ2v) is 6.48. The number of hydrogen-bond donors (Lipinski definition) is 0. The van der Waals surface area contributed by atoms with Crippen molar-refractivity contribution in [3.8, 4) is 28.4 Å². The summed E-state index contributed by atoms with van der Waals surface area (Å²) in [6.07, 6.45) is 1.46. The molecule has 0 aliphatic rings. The number of fused-ring (bicyclic) bond motifs is 1. The topological polar surface area (TPSA) is 57.9 Å². The summed E-state index contributed by atoms with van der Waals surface area (Å²) in [5.41, 5.74) is 2.43. The van der Waals surface area contributed by atoms with Gasteiger partial charge in [0.25, 0.3) is 0 Å². The molecule has 0 bridgehead atoms. The molecule has 0 saturated carbocycles. The van der Waals surface area contributed by atoms with E-state index in [1.165, 1.54) is 6.26 Å². The maximum absolute atomic E-state index is 13.1. The average Bonchev–Trinajstić information content (AvgIpc) is 2.78. The minimum absolute atomic E-state index is 0.136. The van der Waals surface area contributed by atoms with Crippen molar-refractivity contribution in [1.82, 2.24) is 0 Å². The van der Waals surface area contributed by atoms with Crippen molar-refractivity contribution in [3.63, 3.8) is 0 Å². The fraction of sp³-hybridized carbons (Fsp3) is 0.125. The Bertz CT molecular complexity index is 1200. The molecule has 0 N–H and O–H groups in total. The molecular formula is C24H20O5. The largest absolute Gasteiger partial charge is 0.497 e. The van der Waals surface area contributed by atoms with E-state index >= 15 is 0 Å². The van der Waals surface area contributed by atoms with E-state index in [0.717, 1.165) is 5.56 Å². The van der Waals surface area contributed by atoms with Crippen molar-refractivity contribution in [2.75, 3.05) is 14.2 Å². The van der Waals surface area contributed by atoms with Crippen molar-refractivity contribution in [2.24, 2.45) is 0 Å². The normalized spacial score (nSPS) is 10.7. The summed E-state index contributed by atoms with van der Waals surface area (Å²) < 4.78 is 22.3. The van der Waals surface area contributed by atoms with Crippen molar-refractivity contribution in [2.45, 2.75) is 6.61 Å². The van der Waals surface area contributed by atoms with E-state index in [4.69, 9.17) is 18.6 Å². The van der Waals surface area contributed by atoms with Crippen LogP contribution in [-0.2, 0) is 6.61 Å². The fourth-order valence-corrected chi connectivity index (χ4v) is 3.13. The highest BCUT2D eigenvalue weighted by molar-refractivity contribution is 5.84. The van der Waals surface area contributed by atoms with Crippen LogP contribution in [0.4, 0.5) is 0 Å². The van der Waals surface area contributed by atoms with Gasteiger partial charge in [-0.15, -0.1) is 0 Å². The van der Waals surface area contributed by atoms with Gasteiger partial charge in [-0.2, -0.15) is 0 Å². The first-order chi connectivity index (χ1) is 14.2. The number of methoxy groups -OCH3 is 2. The van der Waals surface area contributed by atoms with Crippen molar-refractivity contribution >= 4 is 11.0 Å². The lowest BCUT2D eigenvalue weighted by Gasteiger charge is -2.13. The Balaban J connectivity index is 1.77. The molecule has 0 unspecified atom stereocenters. The van der Waals surface area contributed by atoms with Gasteiger partial charge in [0.05, 0.1) is 25.2 Å². The van der Waals surface area contributed by atoms with Gasteiger partial charge in [0.1, 0.15) is 35.7 Å². The molecule has 29 heavy (non-hydrogen) atoms. The lowest BCUT2D eigenvalue weighted by molar-refractivity contribution is 0.305. The Morgan fingerprint density at radius 2 is 1.55 bits per heavy atom.